The normalized spacial score (nSPS) is 23.0. The maximum Gasteiger partial charge on any atom is 0.123 e. The first-order valence-corrected chi connectivity index (χ1v) is 7.77. The van der Waals surface area contributed by atoms with Gasteiger partial charge in [0.2, 0.25) is 0 Å². The largest absolute Gasteiger partial charge is 0.496 e. The van der Waals surface area contributed by atoms with Gasteiger partial charge in [0, 0.05) is 24.7 Å². The van der Waals surface area contributed by atoms with E-state index >= 15 is 0 Å². The zero-order valence-corrected chi connectivity index (χ0v) is 13.8. The van der Waals surface area contributed by atoms with Crippen LogP contribution in [0.1, 0.15) is 23.6 Å². The number of rotatable bonds is 6. The lowest BCUT2D eigenvalue weighted by atomic mass is 9.96. The summed E-state index contributed by atoms with van der Waals surface area (Å²) < 4.78 is 5.59. The van der Waals surface area contributed by atoms with Crippen molar-refractivity contribution in [1.29, 1.82) is 0 Å². The van der Waals surface area contributed by atoms with Gasteiger partial charge in [-0.1, -0.05) is 12.1 Å². The van der Waals surface area contributed by atoms with Crippen LogP contribution in [0.15, 0.2) is 18.2 Å². The Bertz CT molecular complexity index is 461. The third kappa shape index (κ3) is 3.96. The predicted molar refractivity (Wildman–Crippen MR) is 87.8 cm³/mol. The number of methoxy groups -OCH3 is 1. The van der Waals surface area contributed by atoms with Crippen LogP contribution in [0, 0.1) is 5.92 Å². The molecule has 1 fully saturated rings. The van der Waals surface area contributed by atoms with Crippen molar-refractivity contribution >= 4 is 0 Å². The first kappa shape index (κ1) is 16.3. The highest BCUT2D eigenvalue weighted by atomic mass is 16.5. The fraction of sp³-hybridized carbons (Fsp3) is 0.647. The summed E-state index contributed by atoms with van der Waals surface area (Å²) in [6.45, 7) is 2.91. The van der Waals surface area contributed by atoms with Crippen LogP contribution in [-0.4, -0.2) is 57.7 Å². The molecule has 4 heteroatoms. The number of likely N-dealkylation sites (tertiary alicyclic amines) is 1. The van der Waals surface area contributed by atoms with Crippen molar-refractivity contribution in [1.82, 2.24) is 9.80 Å². The van der Waals surface area contributed by atoms with Crippen molar-refractivity contribution in [3.63, 3.8) is 0 Å². The van der Waals surface area contributed by atoms with Crippen molar-refractivity contribution in [2.24, 2.45) is 11.7 Å². The Kier molecular flexibility index (Phi) is 5.62. The number of likely N-dealkylation sites (N-methyl/N-ethyl adjacent to an activating group) is 1. The van der Waals surface area contributed by atoms with E-state index in [1.165, 1.54) is 11.1 Å². The Morgan fingerprint density at radius 1 is 1.38 bits per heavy atom. The minimum atomic E-state index is 0.424. The van der Waals surface area contributed by atoms with Gasteiger partial charge in [-0.2, -0.15) is 0 Å². The number of nitrogens with two attached hydrogens (primary N) is 1. The van der Waals surface area contributed by atoms with Crippen LogP contribution in [0.3, 0.4) is 0 Å². The highest BCUT2D eigenvalue weighted by Gasteiger charge is 2.31. The Labute approximate surface area is 128 Å². The standard InChI is InChI=1S/C17H29N3O/c1-19(2)8-7-13-5-6-17(21-4)15(9-13)16-10-14(11-18)12-20(16)3/h5-6,9,14,16H,7-8,10-12,18H2,1-4H3. The number of benzene rings is 1. The summed E-state index contributed by atoms with van der Waals surface area (Å²) in [4.78, 5) is 4.63. The molecule has 0 radical (unpaired) electrons. The smallest absolute Gasteiger partial charge is 0.123 e. The summed E-state index contributed by atoms with van der Waals surface area (Å²) in [7, 11) is 8.17. The van der Waals surface area contributed by atoms with Gasteiger partial charge in [-0.05, 0) is 58.1 Å². The van der Waals surface area contributed by atoms with Crippen LogP contribution in [0.5, 0.6) is 5.75 Å². The molecular weight excluding hydrogens is 262 g/mol. The molecule has 0 bridgehead atoms. The molecule has 0 spiro atoms. The molecule has 2 unspecified atom stereocenters. The van der Waals surface area contributed by atoms with E-state index in [1.807, 2.05) is 0 Å². The molecule has 1 aromatic rings. The van der Waals surface area contributed by atoms with E-state index in [-0.39, 0.29) is 0 Å². The minimum absolute atomic E-state index is 0.424. The predicted octanol–water partition coefficient (Wildman–Crippen LogP) is 1.75. The lowest BCUT2D eigenvalue weighted by molar-refractivity contribution is 0.302. The zero-order chi connectivity index (χ0) is 15.4. The highest BCUT2D eigenvalue weighted by Crippen LogP contribution is 2.38. The second kappa shape index (κ2) is 7.25. The quantitative estimate of drug-likeness (QED) is 0.867. The molecular formula is C17H29N3O. The second-order valence-corrected chi connectivity index (χ2v) is 6.42. The SMILES string of the molecule is COc1ccc(CCN(C)C)cc1C1CC(CN)CN1C. The summed E-state index contributed by atoms with van der Waals surface area (Å²) in [6, 6.07) is 7.04. The Balaban J connectivity index is 2.21. The van der Waals surface area contributed by atoms with Crippen LogP contribution < -0.4 is 10.5 Å². The zero-order valence-electron chi connectivity index (χ0n) is 13.8. The van der Waals surface area contributed by atoms with Gasteiger partial charge in [0.05, 0.1) is 7.11 Å². The Morgan fingerprint density at radius 2 is 2.14 bits per heavy atom. The molecule has 21 heavy (non-hydrogen) atoms. The van der Waals surface area contributed by atoms with E-state index in [4.69, 9.17) is 10.5 Å². The van der Waals surface area contributed by atoms with Crippen molar-refractivity contribution in [2.45, 2.75) is 18.9 Å². The van der Waals surface area contributed by atoms with Crippen LogP contribution in [0.2, 0.25) is 0 Å². The number of hydrogen-bond donors (Lipinski definition) is 1. The molecule has 2 N–H and O–H groups in total. The van der Waals surface area contributed by atoms with E-state index in [2.05, 4.69) is 49.1 Å². The van der Waals surface area contributed by atoms with Gasteiger partial charge in [0.15, 0.2) is 0 Å². The maximum atomic E-state index is 5.85. The average Bonchev–Trinajstić information content (AvgIpc) is 2.85. The van der Waals surface area contributed by atoms with Crippen molar-refractivity contribution in [3.8, 4) is 5.75 Å². The summed E-state index contributed by atoms with van der Waals surface area (Å²) in [5.41, 5.74) is 8.55. The molecule has 1 aliphatic rings. The number of nitrogens with zero attached hydrogens (tertiary/aromatic N) is 2. The van der Waals surface area contributed by atoms with E-state index in [0.717, 1.165) is 38.2 Å². The van der Waals surface area contributed by atoms with Crippen LogP contribution in [-0.2, 0) is 6.42 Å². The lowest BCUT2D eigenvalue weighted by Gasteiger charge is -2.23. The Hall–Kier alpha value is -1.10. The maximum absolute atomic E-state index is 5.85. The number of ether oxygens (including phenoxy) is 1. The lowest BCUT2D eigenvalue weighted by Crippen LogP contribution is -2.21. The van der Waals surface area contributed by atoms with Gasteiger partial charge < -0.3 is 15.4 Å². The van der Waals surface area contributed by atoms with Crippen LogP contribution in [0.4, 0.5) is 0 Å². The van der Waals surface area contributed by atoms with Gasteiger partial charge in [0.1, 0.15) is 5.75 Å². The van der Waals surface area contributed by atoms with E-state index < -0.39 is 0 Å². The van der Waals surface area contributed by atoms with E-state index in [0.29, 0.717) is 12.0 Å². The van der Waals surface area contributed by atoms with Crippen molar-refractivity contribution in [2.75, 3.05) is 47.9 Å². The molecule has 118 valence electrons. The topological polar surface area (TPSA) is 41.7 Å². The molecule has 1 saturated heterocycles. The first-order valence-electron chi connectivity index (χ1n) is 7.77. The molecule has 2 rings (SSSR count). The fourth-order valence-corrected chi connectivity index (χ4v) is 3.19. The summed E-state index contributed by atoms with van der Waals surface area (Å²) in [5, 5.41) is 0. The molecule has 1 aromatic carbocycles. The first-order chi connectivity index (χ1) is 10.0. The third-order valence-electron chi connectivity index (χ3n) is 4.47. The van der Waals surface area contributed by atoms with Gasteiger partial charge in [-0.3, -0.25) is 4.90 Å². The second-order valence-electron chi connectivity index (χ2n) is 6.42. The fourth-order valence-electron chi connectivity index (χ4n) is 3.19. The molecule has 0 aromatic heterocycles. The average molecular weight is 291 g/mol. The van der Waals surface area contributed by atoms with E-state index in [9.17, 15) is 0 Å². The highest BCUT2D eigenvalue weighted by molar-refractivity contribution is 5.40. The van der Waals surface area contributed by atoms with Gasteiger partial charge in [-0.25, -0.2) is 0 Å². The van der Waals surface area contributed by atoms with Crippen molar-refractivity contribution < 1.29 is 4.74 Å². The Morgan fingerprint density at radius 3 is 2.71 bits per heavy atom. The van der Waals surface area contributed by atoms with Crippen molar-refractivity contribution in [3.05, 3.63) is 29.3 Å². The number of hydrogen-bond acceptors (Lipinski definition) is 4. The molecule has 4 nitrogen and oxygen atoms in total. The third-order valence-corrected chi connectivity index (χ3v) is 4.47. The molecule has 1 aliphatic heterocycles. The molecule has 2 atom stereocenters. The van der Waals surface area contributed by atoms with Crippen LogP contribution >= 0.6 is 0 Å². The van der Waals surface area contributed by atoms with Crippen LogP contribution in [0.25, 0.3) is 0 Å². The van der Waals surface area contributed by atoms with Gasteiger partial charge in [0.25, 0.3) is 0 Å². The molecule has 1 heterocycles. The van der Waals surface area contributed by atoms with E-state index in [1.54, 1.807) is 7.11 Å². The summed E-state index contributed by atoms with van der Waals surface area (Å²) in [6.07, 6.45) is 2.20. The van der Waals surface area contributed by atoms with Gasteiger partial charge in [-0.15, -0.1) is 0 Å². The molecule has 0 aliphatic carbocycles. The summed E-state index contributed by atoms with van der Waals surface area (Å²) in [5.74, 6) is 1.59. The minimum Gasteiger partial charge on any atom is -0.496 e. The monoisotopic (exact) mass is 291 g/mol. The summed E-state index contributed by atoms with van der Waals surface area (Å²) >= 11 is 0. The van der Waals surface area contributed by atoms with Gasteiger partial charge >= 0.3 is 0 Å². The molecule has 0 saturated carbocycles. The molecule has 0 amide bonds.